The molecule has 0 spiro atoms. The summed E-state index contributed by atoms with van der Waals surface area (Å²) in [6.07, 6.45) is 1.21. The van der Waals surface area contributed by atoms with E-state index in [2.05, 4.69) is 30.8 Å². The van der Waals surface area contributed by atoms with E-state index in [1.807, 2.05) is 6.07 Å². The molecule has 0 saturated carbocycles. The van der Waals surface area contributed by atoms with Gasteiger partial charge in [0, 0.05) is 18.1 Å². The molecule has 4 atom stereocenters. The van der Waals surface area contributed by atoms with Crippen molar-refractivity contribution in [1.29, 1.82) is 5.26 Å². The van der Waals surface area contributed by atoms with Gasteiger partial charge in [0.2, 0.25) is 5.16 Å². The Balaban J connectivity index is 1.23. The number of hydrogen-bond acceptors (Lipinski definition) is 11. The second-order valence-electron chi connectivity index (χ2n) is 6.96. The Hall–Kier alpha value is -3.60. The normalized spacial score (nSPS) is 24.0. The summed E-state index contributed by atoms with van der Waals surface area (Å²) in [5.74, 6) is 0. The quantitative estimate of drug-likeness (QED) is 0.560. The molecule has 5 rings (SSSR count). The molecule has 1 aromatic carbocycles. The molecule has 4 heterocycles. The number of anilines is 1. The molecule has 2 aromatic heterocycles. The Bertz CT molecular complexity index is 1150. The average molecular weight is 452 g/mol. The van der Waals surface area contributed by atoms with Crippen molar-refractivity contribution in [3.05, 3.63) is 48.3 Å². The number of rotatable bonds is 5. The van der Waals surface area contributed by atoms with Gasteiger partial charge in [-0.05, 0) is 46.5 Å². The van der Waals surface area contributed by atoms with E-state index >= 15 is 0 Å². The van der Waals surface area contributed by atoms with E-state index in [0.29, 0.717) is 28.2 Å². The predicted molar refractivity (Wildman–Crippen MR) is 108 cm³/mol. The highest BCUT2D eigenvalue weighted by Crippen LogP contribution is 2.37. The monoisotopic (exact) mass is 452 g/mol. The van der Waals surface area contributed by atoms with Gasteiger partial charge in [-0.25, -0.2) is 19.4 Å². The number of nitriles is 1. The van der Waals surface area contributed by atoms with E-state index < -0.39 is 18.3 Å². The van der Waals surface area contributed by atoms with Crippen LogP contribution in [0.15, 0.2) is 53.0 Å². The highest BCUT2D eigenvalue weighted by molar-refractivity contribution is 7.99. The molecular weight excluding hydrogens is 436 g/mol. The van der Waals surface area contributed by atoms with Crippen LogP contribution in [0.4, 0.5) is 10.5 Å². The van der Waals surface area contributed by atoms with Crippen LogP contribution in [0.25, 0.3) is 0 Å². The molecule has 0 radical (unpaired) electrons. The van der Waals surface area contributed by atoms with Gasteiger partial charge in [-0.15, -0.1) is 5.10 Å². The van der Waals surface area contributed by atoms with Crippen LogP contribution in [0.2, 0.25) is 0 Å². The highest BCUT2D eigenvalue weighted by atomic mass is 32.2. The third kappa shape index (κ3) is 4.11. The molecule has 1 amide bonds. The molecule has 2 aliphatic rings. The summed E-state index contributed by atoms with van der Waals surface area (Å²) in [5, 5.41) is 24.5. The first-order chi connectivity index (χ1) is 15.7. The number of carbonyl (C=O) groups excluding carboxylic acids is 1. The van der Waals surface area contributed by atoms with E-state index in [4.69, 9.17) is 19.5 Å². The lowest BCUT2D eigenvalue weighted by molar-refractivity contribution is 0.00751. The van der Waals surface area contributed by atoms with Gasteiger partial charge in [-0.1, -0.05) is 6.07 Å². The summed E-state index contributed by atoms with van der Waals surface area (Å²) >= 11 is 1.23. The summed E-state index contributed by atoms with van der Waals surface area (Å²) in [6.45, 7) is 0.485. The summed E-state index contributed by atoms with van der Waals surface area (Å²) in [7, 11) is 0. The van der Waals surface area contributed by atoms with Crippen LogP contribution in [-0.2, 0) is 14.2 Å². The zero-order valence-corrected chi connectivity index (χ0v) is 17.3. The van der Waals surface area contributed by atoms with Crippen molar-refractivity contribution >= 4 is 23.5 Å². The minimum atomic E-state index is -0.652. The number of fused-ring (bicyclic) bond motifs is 1. The number of benzene rings is 1. The summed E-state index contributed by atoms with van der Waals surface area (Å²) < 4.78 is 18.9. The molecule has 12 nitrogen and oxygen atoms in total. The first-order valence-corrected chi connectivity index (χ1v) is 10.5. The Labute approximate surface area is 185 Å². The van der Waals surface area contributed by atoms with Gasteiger partial charge in [0.15, 0.2) is 11.3 Å². The first kappa shape index (κ1) is 20.3. The van der Waals surface area contributed by atoms with Gasteiger partial charge in [0.1, 0.15) is 18.2 Å². The van der Waals surface area contributed by atoms with Crippen molar-refractivity contribution in [2.75, 3.05) is 18.5 Å². The van der Waals surface area contributed by atoms with Crippen molar-refractivity contribution < 1.29 is 19.0 Å². The maximum absolute atomic E-state index is 12.3. The molecular formula is C19H16N8O4S. The number of ether oxygens (including phenoxy) is 3. The van der Waals surface area contributed by atoms with Crippen LogP contribution < -0.4 is 5.32 Å². The lowest BCUT2D eigenvalue weighted by Crippen LogP contribution is -2.35. The first-order valence-electron chi connectivity index (χ1n) is 9.65. The van der Waals surface area contributed by atoms with Crippen molar-refractivity contribution in [3.63, 3.8) is 0 Å². The smallest absolute Gasteiger partial charge is 0.412 e. The lowest BCUT2D eigenvalue weighted by atomic mass is 10.1. The van der Waals surface area contributed by atoms with Gasteiger partial charge in [-0.3, -0.25) is 5.32 Å². The van der Waals surface area contributed by atoms with Crippen LogP contribution in [0.3, 0.4) is 0 Å². The molecule has 2 saturated heterocycles. The van der Waals surface area contributed by atoms with Crippen molar-refractivity contribution in [2.24, 2.45) is 0 Å². The number of nitrogens with one attached hydrogen (secondary N) is 1. The number of hydrogen-bond donors (Lipinski definition) is 1. The van der Waals surface area contributed by atoms with Crippen LogP contribution in [-0.4, -0.2) is 67.8 Å². The Morgan fingerprint density at radius 3 is 2.91 bits per heavy atom. The second-order valence-corrected chi connectivity index (χ2v) is 7.90. The summed E-state index contributed by atoms with van der Waals surface area (Å²) in [4.78, 5) is 20.7. The fourth-order valence-electron chi connectivity index (χ4n) is 3.59. The minimum Gasteiger partial charge on any atom is -0.441 e. The van der Waals surface area contributed by atoms with Gasteiger partial charge in [0.05, 0.1) is 24.8 Å². The molecule has 3 aromatic rings. The van der Waals surface area contributed by atoms with Crippen LogP contribution in [0, 0.1) is 11.3 Å². The average Bonchev–Trinajstić information content (AvgIpc) is 3.52. The second kappa shape index (κ2) is 8.87. The van der Waals surface area contributed by atoms with E-state index in [1.54, 1.807) is 47.4 Å². The van der Waals surface area contributed by atoms with Crippen LogP contribution >= 0.6 is 11.8 Å². The molecule has 162 valence electrons. The van der Waals surface area contributed by atoms with Gasteiger partial charge in [-0.2, -0.15) is 5.26 Å². The third-order valence-electron chi connectivity index (χ3n) is 4.98. The van der Waals surface area contributed by atoms with Crippen LogP contribution in [0.5, 0.6) is 0 Å². The van der Waals surface area contributed by atoms with Crippen molar-refractivity contribution in [3.8, 4) is 6.07 Å². The summed E-state index contributed by atoms with van der Waals surface area (Å²) in [5.41, 5.74) is 0.901. The standard InChI is InChI=1S/C19H16N8O4S/c20-8-11-3-1-4-12(7-11)23-19(28)31-14-10-30-15-13(9-29-16(14)15)27-18(24-25-26-27)32-17-21-5-2-6-22-17/h1-7,13-16H,9-10H2,(H,23,28). The van der Waals surface area contributed by atoms with Crippen molar-refractivity contribution in [1.82, 2.24) is 30.2 Å². The molecule has 2 fully saturated rings. The Kier molecular flexibility index (Phi) is 5.63. The Morgan fingerprint density at radius 1 is 1.22 bits per heavy atom. The lowest BCUT2D eigenvalue weighted by Gasteiger charge is -2.17. The van der Waals surface area contributed by atoms with Crippen molar-refractivity contribution in [2.45, 2.75) is 34.7 Å². The number of carbonyl (C=O) groups is 1. The van der Waals surface area contributed by atoms with E-state index in [9.17, 15) is 4.79 Å². The topological polar surface area (TPSA) is 150 Å². The third-order valence-corrected chi connectivity index (χ3v) is 5.82. The van der Waals surface area contributed by atoms with Gasteiger partial charge in [0.25, 0.3) is 0 Å². The fourth-order valence-corrected chi connectivity index (χ4v) is 4.32. The molecule has 13 heteroatoms. The molecule has 32 heavy (non-hydrogen) atoms. The molecule has 0 aliphatic carbocycles. The van der Waals surface area contributed by atoms with E-state index in [-0.39, 0.29) is 18.8 Å². The highest BCUT2D eigenvalue weighted by Gasteiger charge is 2.51. The zero-order chi connectivity index (χ0) is 21.9. The number of tetrazole rings is 1. The largest absolute Gasteiger partial charge is 0.441 e. The molecule has 0 bridgehead atoms. The zero-order valence-electron chi connectivity index (χ0n) is 16.4. The SMILES string of the molecule is N#Cc1cccc(NC(=O)OC2COC3C2OCC3n2nnnc2Sc2ncccn2)c1. The predicted octanol–water partition coefficient (Wildman–Crippen LogP) is 1.44. The number of amides is 1. The van der Waals surface area contributed by atoms with E-state index in [1.165, 1.54) is 11.8 Å². The summed E-state index contributed by atoms with van der Waals surface area (Å²) in [6, 6.07) is 10.0. The Morgan fingerprint density at radius 2 is 2.06 bits per heavy atom. The number of nitrogens with zero attached hydrogens (tertiary/aromatic N) is 7. The van der Waals surface area contributed by atoms with E-state index in [0.717, 1.165) is 0 Å². The van der Waals surface area contributed by atoms with Gasteiger partial charge < -0.3 is 14.2 Å². The van der Waals surface area contributed by atoms with Gasteiger partial charge >= 0.3 is 6.09 Å². The fraction of sp³-hybridized carbons (Fsp3) is 0.316. The van der Waals surface area contributed by atoms with Crippen LogP contribution in [0.1, 0.15) is 11.6 Å². The molecule has 4 unspecified atom stereocenters. The molecule has 1 N–H and O–H groups in total. The maximum Gasteiger partial charge on any atom is 0.412 e. The number of aromatic nitrogens is 6. The minimum absolute atomic E-state index is 0.184. The molecule has 2 aliphatic heterocycles. The maximum atomic E-state index is 12.3.